The number of rotatable bonds is 7. The first-order valence-electron chi connectivity index (χ1n) is 9.67. The summed E-state index contributed by atoms with van der Waals surface area (Å²) in [5, 5.41) is 22.0. The Balaban J connectivity index is 1.62. The Hall–Kier alpha value is -3.49. The number of nitrogens with one attached hydrogen (secondary N) is 2. The number of aromatic nitrogens is 2. The molecule has 31 heavy (non-hydrogen) atoms. The third-order valence-corrected chi connectivity index (χ3v) is 6.20. The van der Waals surface area contributed by atoms with E-state index in [1.807, 2.05) is 54.6 Å². The van der Waals surface area contributed by atoms with E-state index < -0.39 is 6.10 Å². The van der Waals surface area contributed by atoms with Crippen LogP contribution in [-0.4, -0.2) is 33.9 Å². The molecule has 3 N–H and O–H groups in total. The summed E-state index contributed by atoms with van der Waals surface area (Å²) >= 11 is 1.29. The summed E-state index contributed by atoms with van der Waals surface area (Å²) in [6.45, 7) is 0.331. The topological polar surface area (TPSA) is 100 Å². The predicted octanol–water partition coefficient (Wildman–Crippen LogP) is 3.65. The average Bonchev–Trinajstić information content (AvgIpc) is 3.35. The monoisotopic (exact) mass is 434 g/mol. The van der Waals surface area contributed by atoms with Crippen LogP contribution in [0.5, 0.6) is 5.75 Å². The predicted molar refractivity (Wildman–Crippen MR) is 121 cm³/mol. The third kappa shape index (κ3) is 3.95. The zero-order valence-corrected chi connectivity index (χ0v) is 17.9. The molecule has 0 aliphatic rings. The summed E-state index contributed by atoms with van der Waals surface area (Å²) in [7, 11) is 3.34. The van der Waals surface area contributed by atoms with Crippen LogP contribution in [0.4, 0.5) is 0 Å². The maximum atomic E-state index is 12.9. The summed E-state index contributed by atoms with van der Waals surface area (Å²) < 4.78 is 7.60. The lowest BCUT2D eigenvalue weighted by atomic mass is 10.1. The van der Waals surface area contributed by atoms with Crippen molar-refractivity contribution in [3.05, 3.63) is 82.0 Å². The van der Waals surface area contributed by atoms with E-state index >= 15 is 0 Å². The summed E-state index contributed by atoms with van der Waals surface area (Å²) in [6.07, 6.45) is 0.308. The summed E-state index contributed by atoms with van der Waals surface area (Å²) in [6, 6.07) is 16.8. The van der Waals surface area contributed by atoms with Crippen molar-refractivity contribution in [2.45, 2.75) is 12.6 Å². The minimum Gasteiger partial charge on any atom is -0.497 e. The van der Waals surface area contributed by atoms with Gasteiger partial charge in [0.2, 0.25) is 0 Å². The lowest BCUT2D eigenvalue weighted by Crippen LogP contribution is -2.26. The number of carbonyl (C=O) groups excluding carboxylic acids is 1. The molecular weight excluding hydrogens is 412 g/mol. The zero-order valence-electron chi connectivity index (χ0n) is 17.1. The fourth-order valence-corrected chi connectivity index (χ4v) is 4.61. The van der Waals surface area contributed by atoms with Gasteiger partial charge in [0, 0.05) is 25.4 Å². The Morgan fingerprint density at radius 3 is 2.77 bits per heavy atom. The zero-order chi connectivity index (χ0) is 22.0. The van der Waals surface area contributed by atoms with E-state index in [2.05, 4.69) is 10.3 Å². The summed E-state index contributed by atoms with van der Waals surface area (Å²) in [4.78, 5) is 17.5. The minimum atomic E-state index is -0.859. The second-order valence-electron chi connectivity index (χ2n) is 7.02. The van der Waals surface area contributed by atoms with Gasteiger partial charge in [-0.25, -0.2) is 4.98 Å². The fraction of sp³-hybridized carbons (Fsp3) is 0.174. The quantitative estimate of drug-likeness (QED) is 0.387. The number of carbonyl (C=O) groups is 1. The van der Waals surface area contributed by atoms with Crippen LogP contribution >= 0.6 is 11.3 Å². The molecule has 2 heterocycles. The molecule has 7 nitrogen and oxygen atoms in total. The molecule has 4 rings (SSSR count). The second-order valence-corrected chi connectivity index (χ2v) is 8.05. The van der Waals surface area contributed by atoms with E-state index in [-0.39, 0.29) is 5.91 Å². The van der Waals surface area contributed by atoms with E-state index in [9.17, 15) is 9.90 Å². The van der Waals surface area contributed by atoms with Gasteiger partial charge < -0.3 is 25.1 Å². The van der Waals surface area contributed by atoms with Crippen LogP contribution in [0.2, 0.25) is 0 Å². The highest BCUT2D eigenvalue weighted by molar-refractivity contribution is 7.19. The molecule has 158 valence electrons. The molecule has 1 unspecified atom stereocenters. The van der Waals surface area contributed by atoms with Gasteiger partial charge in [0.05, 0.1) is 11.8 Å². The van der Waals surface area contributed by atoms with Crippen LogP contribution in [0.1, 0.15) is 38.3 Å². The summed E-state index contributed by atoms with van der Waals surface area (Å²) in [5.41, 5.74) is 3.08. The normalized spacial score (nSPS) is 12.0. The highest BCUT2D eigenvalue weighted by Crippen LogP contribution is 2.34. The van der Waals surface area contributed by atoms with Crippen molar-refractivity contribution in [3.8, 4) is 5.75 Å². The molecule has 1 amide bonds. The van der Waals surface area contributed by atoms with E-state index in [1.165, 1.54) is 17.6 Å². The average molecular weight is 435 g/mol. The van der Waals surface area contributed by atoms with Crippen molar-refractivity contribution in [1.29, 1.82) is 5.41 Å². The molecule has 0 aliphatic carbocycles. The van der Waals surface area contributed by atoms with Crippen molar-refractivity contribution in [1.82, 2.24) is 14.9 Å². The Kier molecular flexibility index (Phi) is 5.83. The first-order valence-corrected chi connectivity index (χ1v) is 10.5. The fourth-order valence-electron chi connectivity index (χ4n) is 3.48. The van der Waals surface area contributed by atoms with Crippen LogP contribution in [0.3, 0.4) is 0 Å². The smallest absolute Gasteiger partial charge is 0.268 e. The van der Waals surface area contributed by atoms with Crippen LogP contribution < -0.4 is 10.1 Å². The molecule has 2 aromatic carbocycles. The SMILES string of the molecule is COc1cccc(CNC(=O)c2c(C=N)c3sc(C(O)c4ccccc4)nc3n2C)c1. The van der Waals surface area contributed by atoms with Crippen molar-refractivity contribution in [2.75, 3.05) is 7.11 Å². The van der Waals surface area contributed by atoms with E-state index in [0.29, 0.717) is 33.2 Å². The second kappa shape index (κ2) is 8.71. The van der Waals surface area contributed by atoms with E-state index in [0.717, 1.165) is 16.9 Å². The van der Waals surface area contributed by atoms with Gasteiger partial charge in [-0.2, -0.15) is 0 Å². The molecule has 0 aliphatic heterocycles. The third-order valence-electron chi connectivity index (χ3n) is 5.07. The lowest BCUT2D eigenvalue weighted by Gasteiger charge is -2.09. The van der Waals surface area contributed by atoms with E-state index in [1.54, 1.807) is 18.7 Å². The Morgan fingerprint density at radius 2 is 2.06 bits per heavy atom. The van der Waals surface area contributed by atoms with Crippen molar-refractivity contribution in [3.63, 3.8) is 0 Å². The van der Waals surface area contributed by atoms with Gasteiger partial charge in [-0.05, 0) is 23.3 Å². The maximum Gasteiger partial charge on any atom is 0.268 e. The van der Waals surface area contributed by atoms with Gasteiger partial charge in [0.1, 0.15) is 22.6 Å². The standard InChI is InChI=1S/C23H22N4O3S/c1-27-18(22(29)25-13-14-7-6-10-16(11-14)30-2)17(12-24)20-21(27)26-23(31-20)19(28)15-8-4-3-5-9-15/h3-12,19,24,28H,13H2,1-2H3,(H,25,29). The molecule has 4 aromatic rings. The van der Waals surface area contributed by atoms with Crippen molar-refractivity contribution >= 4 is 33.8 Å². The number of ether oxygens (including phenoxy) is 1. The van der Waals surface area contributed by atoms with Gasteiger partial charge in [-0.15, -0.1) is 11.3 Å². The Bertz CT molecular complexity index is 1250. The molecule has 0 fully saturated rings. The minimum absolute atomic E-state index is 0.292. The molecule has 0 spiro atoms. The number of hydrogen-bond donors (Lipinski definition) is 3. The first kappa shape index (κ1) is 20.8. The molecule has 0 bridgehead atoms. The number of amides is 1. The number of aliphatic hydroxyl groups excluding tert-OH is 1. The van der Waals surface area contributed by atoms with Gasteiger partial charge in [0.15, 0.2) is 5.65 Å². The van der Waals surface area contributed by atoms with Gasteiger partial charge in [0.25, 0.3) is 5.91 Å². The molecule has 0 radical (unpaired) electrons. The molecule has 2 aromatic heterocycles. The van der Waals surface area contributed by atoms with E-state index in [4.69, 9.17) is 10.1 Å². The summed E-state index contributed by atoms with van der Waals surface area (Å²) in [5.74, 6) is 0.430. The molecule has 8 heteroatoms. The van der Waals surface area contributed by atoms with Gasteiger partial charge in [-0.3, -0.25) is 4.79 Å². The number of thiazole rings is 1. The number of nitrogens with zero attached hydrogens (tertiary/aromatic N) is 2. The number of aliphatic hydroxyl groups is 1. The van der Waals surface area contributed by atoms with Crippen LogP contribution in [0, 0.1) is 5.41 Å². The maximum absolute atomic E-state index is 12.9. The van der Waals surface area contributed by atoms with Crippen molar-refractivity contribution in [2.24, 2.45) is 7.05 Å². The highest BCUT2D eigenvalue weighted by atomic mass is 32.1. The molecule has 1 atom stereocenters. The number of methoxy groups -OCH3 is 1. The number of benzene rings is 2. The Labute approximate surface area is 183 Å². The largest absolute Gasteiger partial charge is 0.497 e. The number of fused-ring (bicyclic) bond motifs is 1. The highest BCUT2D eigenvalue weighted by Gasteiger charge is 2.25. The van der Waals surface area contributed by atoms with Gasteiger partial charge >= 0.3 is 0 Å². The number of aryl methyl sites for hydroxylation is 1. The van der Waals surface area contributed by atoms with Crippen LogP contribution in [0.25, 0.3) is 10.3 Å². The van der Waals surface area contributed by atoms with Gasteiger partial charge in [-0.1, -0.05) is 42.5 Å². The van der Waals surface area contributed by atoms with Crippen molar-refractivity contribution < 1.29 is 14.6 Å². The molecule has 0 saturated heterocycles. The number of hydrogen-bond acceptors (Lipinski definition) is 6. The van der Waals surface area contributed by atoms with Crippen LogP contribution in [-0.2, 0) is 13.6 Å². The lowest BCUT2D eigenvalue weighted by molar-refractivity contribution is 0.0943. The molecular formula is C23H22N4O3S. The Morgan fingerprint density at radius 1 is 1.29 bits per heavy atom. The molecule has 0 saturated carbocycles. The van der Waals surface area contributed by atoms with Crippen LogP contribution in [0.15, 0.2) is 54.6 Å². The first-order chi connectivity index (χ1) is 15.0.